The molecule has 1 unspecified atom stereocenters. The van der Waals surface area contributed by atoms with Crippen LogP contribution in [0.4, 0.5) is 0 Å². The van der Waals surface area contributed by atoms with E-state index in [1.165, 1.54) is 0 Å². The summed E-state index contributed by atoms with van der Waals surface area (Å²) in [5, 5.41) is 4.12. The Morgan fingerprint density at radius 2 is 1.96 bits per heavy atom. The molecular formula is C21H29N3O4. The van der Waals surface area contributed by atoms with Crippen LogP contribution in [0.2, 0.25) is 0 Å². The molecule has 3 heterocycles. The van der Waals surface area contributed by atoms with E-state index in [0.717, 1.165) is 63.3 Å². The van der Waals surface area contributed by atoms with Crippen molar-refractivity contribution in [3.8, 4) is 17.1 Å². The Hall–Kier alpha value is -1.96. The first-order chi connectivity index (χ1) is 13.8. The first-order valence-electron chi connectivity index (χ1n) is 10.3. The van der Waals surface area contributed by atoms with Crippen molar-refractivity contribution >= 4 is 0 Å². The molecule has 0 N–H and O–H groups in total. The molecule has 0 saturated carbocycles. The maximum atomic E-state index is 6.04. The van der Waals surface area contributed by atoms with Crippen LogP contribution in [0.25, 0.3) is 11.4 Å². The van der Waals surface area contributed by atoms with Gasteiger partial charge in [-0.3, -0.25) is 4.90 Å². The van der Waals surface area contributed by atoms with E-state index >= 15 is 0 Å². The number of hydrogen-bond acceptors (Lipinski definition) is 7. The molecule has 2 saturated heterocycles. The summed E-state index contributed by atoms with van der Waals surface area (Å²) in [6.07, 6.45) is 5.00. The van der Waals surface area contributed by atoms with Crippen molar-refractivity contribution in [3.63, 3.8) is 0 Å². The van der Waals surface area contributed by atoms with E-state index in [4.69, 9.17) is 18.7 Å². The van der Waals surface area contributed by atoms with Gasteiger partial charge < -0.3 is 18.7 Å². The van der Waals surface area contributed by atoms with E-state index in [2.05, 4.69) is 15.0 Å². The first-order valence-corrected chi connectivity index (χ1v) is 10.3. The third kappa shape index (κ3) is 5.10. The highest BCUT2D eigenvalue weighted by Crippen LogP contribution is 2.22. The standard InChI is InChI=1S/C21H29N3O4/c1-2-25-17-7-5-16(6-8-17)21-22-20(28-23-21)14-24-11-9-18(10-12-24)27-15-19-4-3-13-26-19/h5-8,18-19H,2-4,9-15H2,1H3. The number of rotatable bonds is 8. The van der Waals surface area contributed by atoms with E-state index in [1.54, 1.807) is 0 Å². The van der Waals surface area contributed by atoms with Crippen LogP contribution < -0.4 is 4.74 Å². The number of aromatic nitrogens is 2. The molecule has 0 radical (unpaired) electrons. The summed E-state index contributed by atoms with van der Waals surface area (Å²) in [4.78, 5) is 6.90. The Morgan fingerprint density at radius 3 is 2.68 bits per heavy atom. The van der Waals surface area contributed by atoms with Crippen LogP contribution in [0, 0.1) is 0 Å². The molecule has 1 atom stereocenters. The lowest BCUT2D eigenvalue weighted by molar-refractivity contribution is -0.0433. The van der Waals surface area contributed by atoms with Crippen molar-refractivity contribution in [2.24, 2.45) is 0 Å². The van der Waals surface area contributed by atoms with Crippen molar-refractivity contribution in [3.05, 3.63) is 30.2 Å². The molecule has 1 aromatic carbocycles. The molecule has 2 fully saturated rings. The molecule has 28 heavy (non-hydrogen) atoms. The molecule has 4 rings (SSSR count). The number of likely N-dealkylation sites (tertiary alicyclic amines) is 1. The fourth-order valence-electron chi connectivity index (χ4n) is 3.75. The zero-order valence-corrected chi connectivity index (χ0v) is 16.5. The topological polar surface area (TPSA) is 69.9 Å². The normalized spacial score (nSPS) is 21.2. The molecule has 7 nitrogen and oxygen atoms in total. The molecule has 1 aromatic heterocycles. The maximum Gasteiger partial charge on any atom is 0.241 e. The summed E-state index contributed by atoms with van der Waals surface area (Å²) in [5.41, 5.74) is 0.930. The van der Waals surface area contributed by atoms with Crippen molar-refractivity contribution in [2.45, 2.75) is 51.4 Å². The van der Waals surface area contributed by atoms with Gasteiger partial charge in [-0.05, 0) is 56.9 Å². The Morgan fingerprint density at radius 1 is 1.14 bits per heavy atom. The predicted molar refractivity (Wildman–Crippen MR) is 104 cm³/mol. The summed E-state index contributed by atoms with van der Waals surface area (Å²) >= 11 is 0. The molecule has 2 aliphatic rings. The van der Waals surface area contributed by atoms with E-state index in [0.29, 0.717) is 37.1 Å². The first kappa shape index (κ1) is 19.4. The second kappa shape index (κ2) is 9.49. The molecule has 2 aromatic rings. The predicted octanol–water partition coefficient (Wildman–Crippen LogP) is 3.30. The van der Waals surface area contributed by atoms with E-state index in [-0.39, 0.29) is 0 Å². The van der Waals surface area contributed by atoms with Gasteiger partial charge in [-0.25, -0.2) is 0 Å². The lowest BCUT2D eigenvalue weighted by atomic mass is 10.1. The average Bonchev–Trinajstić information content (AvgIpc) is 3.41. The highest BCUT2D eigenvalue weighted by molar-refractivity contribution is 5.55. The quantitative estimate of drug-likeness (QED) is 0.688. The maximum absolute atomic E-state index is 6.04. The van der Waals surface area contributed by atoms with Gasteiger partial charge in [0.05, 0.1) is 32.0 Å². The van der Waals surface area contributed by atoms with E-state index in [1.807, 2.05) is 31.2 Å². The Kier molecular flexibility index (Phi) is 6.57. The summed E-state index contributed by atoms with van der Waals surface area (Å²) in [7, 11) is 0. The van der Waals surface area contributed by atoms with E-state index in [9.17, 15) is 0 Å². The second-order valence-electron chi connectivity index (χ2n) is 7.41. The van der Waals surface area contributed by atoms with E-state index < -0.39 is 0 Å². The zero-order chi connectivity index (χ0) is 19.2. The summed E-state index contributed by atoms with van der Waals surface area (Å²) in [6, 6.07) is 7.76. The van der Waals surface area contributed by atoms with Crippen molar-refractivity contribution in [2.75, 3.05) is 32.9 Å². The van der Waals surface area contributed by atoms with Gasteiger partial charge >= 0.3 is 0 Å². The molecule has 0 aliphatic carbocycles. The molecule has 7 heteroatoms. The molecular weight excluding hydrogens is 358 g/mol. The Labute approximate surface area is 166 Å². The number of piperidine rings is 1. The van der Waals surface area contributed by atoms with Crippen molar-refractivity contribution in [1.82, 2.24) is 15.0 Å². The van der Waals surface area contributed by atoms with Gasteiger partial charge in [0.25, 0.3) is 0 Å². The minimum absolute atomic E-state index is 0.303. The summed E-state index contributed by atoms with van der Waals surface area (Å²) in [6.45, 7) is 6.89. The highest BCUT2D eigenvalue weighted by Gasteiger charge is 2.23. The van der Waals surface area contributed by atoms with Gasteiger partial charge in [-0.15, -0.1) is 0 Å². The Bertz CT molecular complexity index is 720. The van der Waals surface area contributed by atoms with Crippen LogP contribution in [0.5, 0.6) is 5.75 Å². The van der Waals surface area contributed by atoms with Gasteiger partial charge in [0.15, 0.2) is 0 Å². The molecule has 152 valence electrons. The van der Waals surface area contributed by atoms with Crippen LogP contribution in [0.1, 0.15) is 38.5 Å². The van der Waals surface area contributed by atoms with Crippen LogP contribution >= 0.6 is 0 Å². The van der Waals surface area contributed by atoms with Gasteiger partial charge in [0, 0.05) is 25.3 Å². The van der Waals surface area contributed by atoms with Gasteiger partial charge in [0.1, 0.15) is 5.75 Å². The second-order valence-corrected chi connectivity index (χ2v) is 7.41. The monoisotopic (exact) mass is 387 g/mol. The van der Waals surface area contributed by atoms with Crippen molar-refractivity contribution in [1.29, 1.82) is 0 Å². The van der Waals surface area contributed by atoms with Crippen LogP contribution in [0.3, 0.4) is 0 Å². The molecule has 0 amide bonds. The molecule has 0 bridgehead atoms. The van der Waals surface area contributed by atoms with Gasteiger partial charge in [-0.1, -0.05) is 5.16 Å². The molecule has 0 spiro atoms. The minimum atomic E-state index is 0.303. The zero-order valence-electron chi connectivity index (χ0n) is 16.5. The van der Waals surface area contributed by atoms with Gasteiger partial charge in [0.2, 0.25) is 11.7 Å². The van der Waals surface area contributed by atoms with Crippen LogP contribution in [-0.2, 0) is 16.0 Å². The summed E-state index contributed by atoms with van der Waals surface area (Å²) in [5.74, 6) is 2.12. The third-order valence-corrected chi connectivity index (χ3v) is 5.33. The SMILES string of the molecule is CCOc1ccc(-c2noc(CN3CCC(OCC4CCCO4)CC3)n2)cc1. The average molecular weight is 387 g/mol. The fourth-order valence-corrected chi connectivity index (χ4v) is 3.75. The fraction of sp³-hybridized carbons (Fsp3) is 0.619. The minimum Gasteiger partial charge on any atom is -0.494 e. The van der Waals surface area contributed by atoms with Gasteiger partial charge in [-0.2, -0.15) is 4.98 Å². The smallest absolute Gasteiger partial charge is 0.241 e. The van der Waals surface area contributed by atoms with Crippen LogP contribution in [-0.4, -0.2) is 60.2 Å². The lowest BCUT2D eigenvalue weighted by Crippen LogP contribution is -2.37. The molecule has 2 aliphatic heterocycles. The number of ether oxygens (including phenoxy) is 3. The third-order valence-electron chi connectivity index (χ3n) is 5.33. The van der Waals surface area contributed by atoms with Crippen LogP contribution in [0.15, 0.2) is 28.8 Å². The largest absolute Gasteiger partial charge is 0.494 e. The highest BCUT2D eigenvalue weighted by atomic mass is 16.5. The lowest BCUT2D eigenvalue weighted by Gasteiger charge is -2.31. The number of nitrogens with zero attached hydrogens (tertiary/aromatic N) is 3. The number of benzene rings is 1. The number of hydrogen-bond donors (Lipinski definition) is 0. The Balaban J connectivity index is 1.23. The van der Waals surface area contributed by atoms with Crippen molar-refractivity contribution < 1.29 is 18.7 Å². The summed E-state index contributed by atoms with van der Waals surface area (Å²) < 4.78 is 22.6.